The summed E-state index contributed by atoms with van der Waals surface area (Å²) in [6.07, 6.45) is 0.136. The number of anilines is 2. The minimum atomic E-state index is -3.33. The first kappa shape index (κ1) is 20.6. The van der Waals surface area contributed by atoms with Crippen LogP contribution in [0.2, 0.25) is 0 Å². The van der Waals surface area contributed by atoms with E-state index in [0.29, 0.717) is 12.1 Å². The Kier molecular flexibility index (Phi) is 5.33. The number of rotatable bonds is 7. The van der Waals surface area contributed by atoms with Gasteiger partial charge < -0.3 is 25.7 Å². The van der Waals surface area contributed by atoms with E-state index in [0.717, 1.165) is 29.5 Å². The fraction of sp³-hybridized carbons (Fsp3) is 0.320. The number of nitrogens with zero attached hydrogens (tertiary/aromatic N) is 6. The third-order valence-corrected chi connectivity index (χ3v) is 6.45. The van der Waals surface area contributed by atoms with Gasteiger partial charge in [-0.15, -0.1) is 0 Å². The van der Waals surface area contributed by atoms with Gasteiger partial charge in [0, 0.05) is 24.7 Å². The topological polar surface area (TPSA) is 138 Å². The summed E-state index contributed by atoms with van der Waals surface area (Å²) in [5, 5.41) is 0. The van der Waals surface area contributed by atoms with Gasteiger partial charge in [-0.25, -0.2) is 32.5 Å². The number of imidazole rings is 1. The number of halogens is 4. The van der Waals surface area contributed by atoms with Crippen LogP contribution in [0.5, 0.6) is 5.75 Å². The van der Waals surface area contributed by atoms with Crippen molar-refractivity contribution >= 4 is 28.5 Å². The predicted octanol–water partition coefficient (Wildman–Crippen LogP) is 2.94. The third-order valence-electron chi connectivity index (χ3n) is 6.45. The molecular weight excluding hydrogens is 520 g/mol. The summed E-state index contributed by atoms with van der Waals surface area (Å²) in [5.74, 6) is -4.74. The molecule has 4 heterocycles. The van der Waals surface area contributed by atoms with Crippen molar-refractivity contribution in [2.24, 2.45) is 5.73 Å². The van der Waals surface area contributed by atoms with Crippen molar-refractivity contribution in [3.63, 3.8) is 0 Å². The summed E-state index contributed by atoms with van der Waals surface area (Å²) >= 11 is 0. The zero-order chi connectivity index (χ0) is 32.2. The van der Waals surface area contributed by atoms with Crippen LogP contribution in [-0.4, -0.2) is 62.4 Å². The molecule has 39 heavy (non-hydrogen) atoms. The molecule has 204 valence electrons. The molecular formula is C25H24F4N8O2. The van der Waals surface area contributed by atoms with E-state index >= 15 is 4.39 Å². The second-order valence-corrected chi connectivity index (χ2v) is 8.95. The number of pyridine rings is 1. The maximum Gasteiger partial charge on any atom is 0.297 e. The smallest absolute Gasteiger partial charge is 0.297 e. The number of piperidine rings is 1. The number of nitrogen functional groups attached to an aromatic ring is 1. The molecule has 0 unspecified atom stereocenters. The highest BCUT2D eigenvalue weighted by molar-refractivity contribution is 5.92. The van der Waals surface area contributed by atoms with Crippen molar-refractivity contribution in [1.82, 2.24) is 24.5 Å². The lowest BCUT2D eigenvalue weighted by Crippen LogP contribution is -2.61. The molecule has 0 saturated carbocycles. The Labute approximate surface area is 226 Å². The number of benzene rings is 1. The van der Waals surface area contributed by atoms with Gasteiger partial charge >= 0.3 is 0 Å². The highest BCUT2D eigenvalue weighted by atomic mass is 19.3. The normalized spacial score (nSPS) is 20.3. The molecule has 1 aromatic carbocycles. The van der Waals surface area contributed by atoms with Crippen LogP contribution in [-0.2, 0) is 11.3 Å². The van der Waals surface area contributed by atoms with Gasteiger partial charge in [0.15, 0.2) is 23.0 Å². The van der Waals surface area contributed by atoms with Crippen LogP contribution < -0.4 is 21.1 Å². The van der Waals surface area contributed by atoms with E-state index in [9.17, 15) is 18.0 Å². The Hall–Kier alpha value is -4.33. The average Bonchev–Trinajstić information content (AvgIpc) is 3.40. The molecule has 0 aliphatic carbocycles. The molecule has 4 aromatic rings. The number of ether oxygens (including phenoxy) is 1. The van der Waals surface area contributed by atoms with Gasteiger partial charge in [0.25, 0.3) is 6.43 Å². The number of hydrogen-bond acceptors (Lipinski definition) is 9. The number of carbonyl (C=O) groups is 1. The van der Waals surface area contributed by atoms with Gasteiger partial charge in [-0.2, -0.15) is 0 Å². The zero-order valence-corrected chi connectivity index (χ0v) is 20.0. The second kappa shape index (κ2) is 10.1. The Balaban J connectivity index is 1.68. The first-order chi connectivity index (χ1) is 20.5. The highest BCUT2D eigenvalue weighted by Gasteiger charge is 2.43. The highest BCUT2D eigenvalue weighted by Crippen LogP contribution is 2.34. The molecule has 1 aliphatic heterocycles. The summed E-state index contributed by atoms with van der Waals surface area (Å²) in [4.78, 5) is 29.9. The van der Waals surface area contributed by atoms with Crippen molar-refractivity contribution in [3.8, 4) is 17.0 Å². The van der Waals surface area contributed by atoms with E-state index in [-0.39, 0.29) is 53.3 Å². The molecule has 1 aliphatic rings. The van der Waals surface area contributed by atoms with E-state index in [2.05, 4.69) is 24.7 Å². The molecule has 14 heteroatoms. The standard InChI is InChI=1S/C25H24F4N8O2/c1-39-19-7-15(26)14(6-16(19)27)17-5-13(9-37-12-35-20-23(30)33-11-34-24(20)37)18(8-32-17)36-4-2-3-25(31,10-36)21(38)22(28)29/h5-8,11-12,22H,2-4,9-10,31H2,1H3,(H2,30,33,34)/t25-/m1/s1/i1D3,9D2. The van der Waals surface area contributed by atoms with Crippen LogP contribution in [0.25, 0.3) is 22.4 Å². The molecule has 0 radical (unpaired) electrons. The summed E-state index contributed by atoms with van der Waals surface area (Å²) in [6, 6.07) is 2.27. The number of carbonyl (C=O) groups excluding carboxylic acids is 1. The largest absolute Gasteiger partial charge is 0.494 e. The van der Waals surface area contributed by atoms with Crippen molar-refractivity contribution in [1.29, 1.82) is 0 Å². The van der Waals surface area contributed by atoms with E-state index in [1.165, 1.54) is 4.90 Å². The minimum Gasteiger partial charge on any atom is -0.494 e. The molecule has 0 bridgehead atoms. The number of Topliss-reactive ketones (excluding diaryl/α,β-unsaturated/α-hetero) is 1. The minimum absolute atomic E-state index is 0.0162. The lowest BCUT2D eigenvalue weighted by molar-refractivity contribution is -0.135. The molecule has 1 saturated heterocycles. The first-order valence-corrected chi connectivity index (χ1v) is 11.5. The van der Waals surface area contributed by atoms with Crippen LogP contribution in [0.15, 0.2) is 37.1 Å². The molecule has 0 amide bonds. The predicted molar refractivity (Wildman–Crippen MR) is 134 cm³/mol. The second-order valence-electron chi connectivity index (χ2n) is 8.95. The molecule has 1 fully saturated rings. The van der Waals surface area contributed by atoms with Crippen molar-refractivity contribution < 1.29 is 33.9 Å². The monoisotopic (exact) mass is 549 g/mol. The lowest BCUT2D eigenvalue weighted by Gasteiger charge is -2.40. The molecule has 3 aromatic heterocycles. The molecule has 0 spiro atoms. The first-order valence-electron chi connectivity index (χ1n) is 14.0. The Morgan fingerprint density at radius 1 is 1.23 bits per heavy atom. The van der Waals surface area contributed by atoms with Gasteiger partial charge in [-0.3, -0.25) is 9.78 Å². The summed E-state index contributed by atoms with van der Waals surface area (Å²) in [5.41, 5.74) is 9.13. The fourth-order valence-corrected chi connectivity index (χ4v) is 4.51. The number of fused-ring (bicyclic) bond motifs is 1. The summed E-state index contributed by atoms with van der Waals surface area (Å²) in [6.45, 7) is -2.82. The molecule has 5 rings (SSSR count). The number of methoxy groups -OCH3 is 1. The van der Waals surface area contributed by atoms with Crippen LogP contribution in [0, 0.1) is 11.6 Å². The maximum atomic E-state index is 15.2. The third kappa shape index (κ3) is 4.82. The van der Waals surface area contributed by atoms with Gasteiger partial charge in [0.2, 0.25) is 5.78 Å². The number of aromatic nitrogens is 5. The number of hydrogen-bond donors (Lipinski definition) is 2. The van der Waals surface area contributed by atoms with E-state index in [1.54, 1.807) is 0 Å². The van der Waals surface area contributed by atoms with Crippen LogP contribution in [0.3, 0.4) is 0 Å². The lowest BCUT2D eigenvalue weighted by atomic mass is 9.85. The van der Waals surface area contributed by atoms with E-state index < -0.39 is 60.8 Å². The van der Waals surface area contributed by atoms with E-state index in [4.69, 9.17) is 18.3 Å². The summed E-state index contributed by atoms with van der Waals surface area (Å²) in [7, 11) is -3.06. The molecule has 4 N–H and O–H groups in total. The fourth-order valence-electron chi connectivity index (χ4n) is 4.51. The van der Waals surface area contributed by atoms with Gasteiger partial charge in [0.05, 0.1) is 49.8 Å². The van der Waals surface area contributed by atoms with Gasteiger partial charge in [-0.05, 0) is 30.5 Å². The molecule has 10 nitrogen and oxygen atoms in total. The molecule has 1 atom stereocenters. The Morgan fingerprint density at radius 2 is 2.05 bits per heavy atom. The van der Waals surface area contributed by atoms with Crippen molar-refractivity contribution in [3.05, 3.63) is 54.2 Å². The Morgan fingerprint density at radius 3 is 2.82 bits per heavy atom. The average molecular weight is 550 g/mol. The van der Waals surface area contributed by atoms with Gasteiger partial charge in [0.1, 0.15) is 17.7 Å². The maximum absolute atomic E-state index is 15.2. The quantitative estimate of drug-likeness (QED) is 0.333. The SMILES string of the molecule is [2H]C([2H])([2H])Oc1cc(F)c(-c2cc(C([2H])([2H])n3cnc4c(N)ncnc43)c(N3CCC[C@](N)(C(=O)C(F)F)C3)cn2)cc1F. The van der Waals surface area contributed by atoms with Crippen LogP contribution >= 0.6 is 0 Å². The van der Waals surface area contributed by atoms with Crippen LogP contribution in [0.4, 0.5) is 29.1 Å². The zero-order valence-electron chi connectivity index (χ0n) is 25.0. The van der Waals surface area contributed by atoms with Crippen molar-refractivity contribution in [2.75, 3.05) is 30.8 Å². The number of alkyl halides is 2. The summed E-state index contributed by atoms with van der Waals surface area (Å²) < 4.78 is 102. The van der Waals surface area contributed by atoms with Crippen LogP contribution in [0.1, 0.15) is 25.3 Å². The van der Waals surface area contributed by atoms with Gasteiger partial charge in [-0.1, -0.05) is 0 Å². The van der Waals surface area contributed by atoms with E-state index in [1.807, 2.05) is 0 Å². The number of ketones is 1. The Bertz CT molecular complexity index is 1760. The number of nitrogens with two attached hydrogens (primary N) is 2. The van der Waals surface area contributed by atoms with Crippen molar-refractivity contribution in [2.45, 2.75) is 31.3 Å².